The molecule has 10 heteroatoms. The number of anilines is 1. The second-order valence-corrected chi connectivity index (χ2v) is 6.40. The minimum Gasteiger partial charge on any atom is -0.477 e. The molecule has 1 unspecified atom stereocenters. The van der Waals surface area contributed by atoms with Gasteiger partial charge >= 0.3 is 6.18 Å². The molecule has 0 aliphatic carbocycles. The Labute approximate surface area is 165 Å². The number of pyridine rings is 2. The molecular weight excluding hydrogens is 389 g/mol. The third kappa shape index (κ3) is 7.40. The number of alkyl halides is 3. The first-order chi connectivity index (χ1) is 13.5. The number of nitrogens with one attached hydrogen (secondary N) is 2. The Morgan fingerprint density at radius 2 is 1.97 bits per heavy atom. The standard InChI is InChI=1S/C19H21F3N4O3/c1-11-8-15(9-16(24-11)26-13(3)27)12(2)25-18(28)14-4-5-17(23-10-14)29-7-6-19(20,21)22/h4-5,8-10,12H,6-7H2,1-3H3,(H,25,28)(H,24,26,27). The summed E-state index contributed by atoms with van der Waals surface area (Å²) in [6.45, 7) is 4.37. The van der Waals surface area contributed by atoms with Crippen molar-refractivity contribution < 1.29 is 27.5 Å². The van der Waals surface area contributed by atoms with Gasteiger partial charge in [0.2, 0.25) is 11.8 Å². The lowest BCUT2D eigenvalue weighted by Gasteiger charge is -2.16. The van der Waals surface area contributed by atoms with Crippen molar-refractivity contribution in [1.29, 1.82) is 0 Å². The molecule has 2 aromatic heterocycles. The van der Waals surface area contributed by atoms with Crippen molar-refractivity contribution >= 4 is 17.6 Å². The molecule has 0 saturated heterocycles. The summed E-state index contributed by atoms with van der Waals surface area (Å²) in [7, 11) is 0. The van der Waals surface area contributed by atoms with Crippen molar-refractivity contribution in [1.82, 2.24) is 15.3 Å². The van der Waals surface area contributed by atoms with Gasteiger partial charge in [0.15, 0.2) is 0 Å². The molecule has 1 atom stereocenters. The van der Waals surface area contributed by atoms with Crippen LogP contribution in [-0.4, -0.2) is 34.6 Å². The first-order valence-electron chi connectivity index (χ1n) is 8.76. The maximum atomic E-state index is 12.4. The van der Waals surface area contributed by atoms with E-state index in [4.69, 9.17) is 4.74 Å². The van der Waals surface area contributed by atoms with Crippen molar-refractivity contribution in [2.45, 2.75) is 39.4 Å². The molecule has 0 aliphatic rings. The van der Waals surface area contributed by atoms with E-state index >= 15 is 0 Å². The van der Waals surface area contributed by atoms with Crippen molar-refractivity contribution in [3.05, 3.63) is 47.3 Å². The van der Waals surface area contributed by atoms with Gasteiger partial charge in [-0.2, -0.15) is 13.2 Å². The van der Waals surface area contributed by atoms with Crippen LogP contribution in [0.1, 0.15) is 47.9 Å². The zero-order valence-electron chi connectivity index (χ0n) is 16.1. The van der Waals surface area contributed by atoms with E-state index in [1.807, 2.05) is 0 Å². The summed E-state index contributed by atoms with van der Waals surface area (Å²) in [5, 5.41) is 5.39. The van der Waals surface area contributed by atoms with Crippen LogP contribution in [0.2, 0.25) is 0 Å². The Hall–Kier alpha value is -3.17. The quantitative estimate of drug-likeness (QED) is 0.728. The van der Waals surface area contributed by atoms with Crippen LogP contribution < -0.4 is 15.4 Å². The number of carbonyl (C=O) groups excluding carboxylic acids is 2. The zero-order valence-corrected chi connectivity index (χ0v) is 16.1. The minimum absolute atomic E-state index is 0.00329. The van der Waals surface area contributed by atoms with Gasteiger partial charge in [0, 0.05) is 24.9 Å². The molecule has 2 heterocycles. The molecule has 2 amide bonds. The number of aromatic nitrogens is 2. The molecule has 7 nitrogen and oxygen atoms in total. The molecular formula is C19H21F3N4O3. The normalized spacial score (nSPS) is 12.2. The van der Waals surface area contributed by atoms with E-state index < -0.39 is 25.1 Å². The number of hydrogen-bond donors (Lipinski definition) is 2. The maximum absolute atomic E-state index is 12.4. The second kappa shape index (κ2) is 9.35. The first kappa shape index (κ1) is 22.1. The van der Waals surface area contributed by atoms with Crippen molar-refractivity contribution in [3.63, 3.8) is 0 Å². The van der Waals surface area contributed by atoms with Gasteiger partial charge in [-0.1, -0.05) is 0 Å². The smallest absolute Gasteiger partial charge is 0.392 e. The molecule has 2 rings (SSSR count). The average Bonchev–Trinajstić information content (AvgIpc) is 2.60. The molecule has 2 aromatic rings. The highest BCUT2D eigenvalue weighted by molar-refractivity contribution is 5.94. The molecule has 0 radical (unpaired) electrons. The Bertz CT molecular complexity index is 870. The molecule has 0 saturated carbocycles. The summed E-state index contributed by atoms with van der Waals surface area (Å²) >= 11 is 0. The summed E-state index contributed by atoms with van der Waals surface area (Å²) in [6.07, 6.45) is -4.16. The topological polar surface area (TPSA) is 93.2 Å². The number of carbonyl (C=O) groups is 2. The van der Waals surface area contributed by atoms with Gasteiger partial charge in [-0.3, -0.25) is 9.59 Å². The Morgan fingerprint density at radius 1 is 1.24 bits per heavy atom. The number of halogens is 3. The number of nitrogens with zero attached hydrogens (tertiary/aromatic N) is 2. The molecule has 0 aliphatic heterocycles. The predicted octanol–water partition coefficient (Wildman–Crippen LogP) is 3.57. The Kier molecular flexibility index (Phi) is 7.13. The monoisotopic (exact) mass is 410 g/mol. The van der Waals surface area contributed by atoms with Crippen molar-refractivity contribution in [3.8, 4) is 5.88 Å². The highest BCUT2D eigenvalue weighted by Crippen LogP contribution is 2.20. The fraction of sp³-hybridized carbons (Fsp3) is 0.368. The fourth-order valence-electron chi connectivity index (χ4n) is 2.42. The second-order valence-electron chi connectivity index (χ2n) is 6.40. The lowest BCUT2D eigenvalue weighted by Crippen LogP contribution is -2.27. The van der Waals surface area contributed by atoms with Crippen LogP contribution in [0.4, 0.5) is 19.0 Å². The van der Waals surface area contributed by atoms with Gasteiger partial charge in [0.05, 0.1) is 24.6 Å². The predicted molar refractivity (Wildman–Crippen MR) is 99.6 cm³/mol. The number of rotatable bonds is 7. The molecule has 2 N–H and O–H groups in total. The highest BCUT2D eigenvalue weighted by atomic mass is 19.4. The van der Waals surface area contributed by atoms with Crippen molar-refractivity contribution in [2.24, 2.45) is 0 Å². The van der Waals surface area contributed by atoms with E-state index in [-0.39, 0.29) is 23.4 Å². The minimum atomic E-state index is -4.30. The SMILES string of the molecule is CC(=O)Nc1cc(C(C)NC(=O)c2ccc(OCCC(F)(F)F)nc2)cc(C)n1. The van der Waals surface area contributed by atoms with Gasteiger partial charge < -0.3 is 15.4 Å². The first-order valence-corrected chi connectivity index (χ1v) is 8.76. The van der Waals surface area contributed by atoms with Gasteiger partial charge in [0.25, 0.3) is 5.91 Å². The molecule has 156 valence electrons. The highest BCUT2D eigenvalue weighted by Gasteiger charge is 2.26. The van der Waals surface area contributed by atoms with Gasteiger partial charge in [-0.25, -0.2) is 9.97 Å². The molecule has 0 aromatic carbocycles. The van der Waals surface area contributed by atoms with E-state index in [0.717, 1.165) is 5.56 Å². The number of hydrogen-bond acceptors (Lipinski definition) is 5. The van der Waals surface area contributed by atoms with Crippen LogP contribution in [-0.2, 0) is 4.79 Å². The van der Waals surface area contributed by atoms with Crippen LogP contribution in [0.25, 0.3) is 0 Å². The van der Waals surface area contributed by atoms with Gasteiger partial charge in [-0.15, -0.1) is 0 Å². The lowest BCUT2D eigenvalue weighted by atomic mass is 10.1. The van der Waals surface area contributed by atoms with Crippen LogP contribution in [0.5, 0.6) is 5.88 Å². The number of aryl methyl sites for hydroxylation is 1. The van der Waals surface area contributed by atoms with E-state index in [9.17, 15) is 22.8 Å². The Morgan fingerprint density at radius 3 is 2.55 bits per heavy atom. The van der Waals surface area contributed by atoms with E-state index in [0.29, 0.717) is 11.5 Å². The van der Waals surface area contributed by atoms with Crippen LogP contribution >= 0.6 is 0 Å². The molecule has 0 spiro atoms. The third-order valence-corrected chi connectivity index (χ3v) is 3.76. The van der Waals surface area contributed by atoms with Crippen LogP contribution in [0.3, 0.4) is 0 Å². The molecule has 0 fully saturated rings. The summed E-state index contributed by atoms with van der Waals surface area (Å²) in [4.78, 5) is 31.7. The summed E-state index contributed by atoms with van der Waals surface area (Å²) in [6, 6.07) is 5.81. The average molecular weight is 410 g/mol. The van der Waals surface area contributed by atoms with Gasteiger partial charge in [-0.05, 0) is 37.6 Å². The summed E-state index contributed by atoms with van der Waals surface area (Å²) in [5.41, 5.74) is 1.65. The zero-order chi connectivity index (χ0) is 21.6. The summed E-state index contributed by atoms with van der Waals surface area (Å²) < 4.78 is 41.3. The lowest BCUT2D eigenvalue weighted by molar-refractivity contribution is -0.139. The van der Waals surface area contributed by atoms with E-state index in [1.54, 1.807) is 26.0 Å². The van der Waals surface area contributed by atoms with E-state index in [1.165, 1.54) is 25.3 Å². The number of ether oxygens (including phenoxy) is 1. The van der Waals surface area contributed by atoms with Crippen molar-refractivity contribution in [2.75, 3.05) is 11.9 Å². The van der Waals surface area contributed by atoms with E-state index in [2.05, 4.69) is 20.6 Å². The summed E-state index contributed by atoms with van der Waals surface area (Å²) in [5.74, 6) is -0.282. The number of amides is 2. The maximum Gasteiger partial charge on any atom is 0.392 e. The fourth-order valence-corrected chi connectivity index (χ4v) is 2.42. The third-order valence-electron chi connectivity index (χ3n) is 3.76. The van der Waals surface area contributed by atoms with Gasteiger partial charge in [0.1, 0.15) is 5.82 Å². The largest absolute Gasteiger partial charge is 0.477 e. The Balaban J connectivity index is 1.99. The van der Waals surface area contributed by atoms with Crippen LogP contribution in [0.15, 0.2) is 30.5 Å². The molecule has 0 bridgehead atoms. The molecule has 29 heavy (non-hydrogen) atoms. The van der Waals surface area contributed by atoms with Crippen LogP contribution in [0, 0.1) is 6.92 Å².